The Morgan fingerprint density at radius 1 is 0.926 bits per heavy atom. The largest absolute Gasteiger partial charge is 1.00 e. The second-order valence-electron chi connectivity index (χ2n) is 5.75. The predicted molar refractivity (Wildman–Crippen MR) is 98.5 cm³/mol. The highest BCUT2D eigenvalue weighted by Gasteiger charge is 2.12. The minimum Gasteiger partial charge on any atom is -1.00 e. The number of benzene rings is 2. The van der Waals surface area contributed by atoms with Crippen molar-refractivity contribution >= 4 is 0 Å². The van der Waals surface area contributed by atoms with E-state index in [-0.39, 0.29) is 24.8 Å². The first kappa shape index (κ1) is 20.7. The van der Waals surface area contributed by atoms with Gasteiger partial charge in [0.05, 0.1) is 12.8 Å². The van der Waals surface area contributed by atoms with Crippen molar-refractivity contribution in [3.8, 4) is 11.5 Å². The van der Waals surface area contributed by atoms with Crippen LogP contribution in [0.5, 0.6) is 11.5 Å². The molecule has 0 amide bonds. The molecule has 142 valence electrons. The van der Waals surface area contributed by atoms with E-state index < -0.39 is 0 Å². The number of pyridine rings is 1. The summed E-state index contributed by atoms with van der Waals surface area (Å²) < 4.78 is 25.2. The average molecular weight is 388 g/mol. The van der Waals surface area contributed by atoms with E-state index >= 15 is 0 Å². The molecule has 4 nitrogen and oxygen atoms in total. The monoisotopic (exact) mass is 387 g/mol. The summed E-state index contributed by atoms with van der Waals surface area (Å²) in [7, 11) is 1.59. The van der Waals surface area contributed by atoms with E-state index in [4.69, 9.17) is 9.47 Å². The molecule has 0 spiro atoms. The molecular weight excluding hydrogens is 367 g/mol. The molecule has 0 aliphatic carbocycles. The maximum atomic E-state index is 13.8. The zero-order chi connectivity index (χ0) is 18.2. The van der Waals surface area contributed by atoms with Gasteiger partial charge in [-0.2, -0.15) is 0 Å². The summed E-state index contributed by atoms with van der Waals surface area (Å²) in [6, 6.07) is 18.1. The first-order valence-corrected chi connectivity index (χ1v) is 8.40. The van der Waals surface area contributed by atoms with Gasteiger partial charge in [-0.1, -0.05) is 36.4 Å². The van der Waals surface area contributed by atoms with Crippen molar-refractivity contribution in [2.24, 2.45) is 0 Å². The van der Waals surface area contributed by atoms with Gasteiger partial charge in [0.25, 0.3) is 0 Å². The molecule has 0 fully saturated rings. The Morgan fingerprint density at radius 3 is 2.44 bits per heavy atom. The van der Waals surface area contributed by atoms with Gasteiger partial charge in [0.1, 0.15) is 12.4 Å². The summed E-state index contributed by atoms with van der Waals surface area (Å²) in [4.78, 5) is 4.29. The Labute approximate surface area is 164 Å². The van der Waals surface area contributed by atoms with Crippen LogP contribution in [0.25, 0.3) is 0 Å². The zero-order valence-electron chi connectivity index (χ0n) is 15.0. The lowest BCUT2D eigenvalue weighted by Gasteiger charge is -2.16. The van der Waals surface area contributed by atoms with Crippen LogP contribution in [0, 0.1) is 5.82 Å². The number of nitrogens with one attached hydrogen (secondary N) is 1. The quantitative estimate of drug-likeness (QED) is 0.628. The summed E-state index contributed by atoms with van der Waals surface area (Å²) in [5, 5.41) is 3.35. The summed E-state index contributed by atoms with van der Waals surface area (Å²) in [5.74, 6) is 0.961. The average Bonchev–Trinajstić information content (AvgIpc) is 2.68. The second-order valence-corrected chi connectivity index (χ2v) is 5.75. The highest BCUT2D eigenvalue weighted by atomic mass is 35.5. The third-order valence-electron chi connectivity index (χ3n) is 3.96. The van der Waals surface area contributed by atoms with Crippen LogP contribution in [-0.4, -0.2) is 12.1 Å². The van der Waals surface area contributed by atoms with Crippen LogP contribution in [0.4, 0.5) is 4.39 Å². The van der Waals surface area contributed by atoms with Gasteiger partial charge < -0.3 is 27.2 Å². The number of nitrogens with zero attached hydrogens (tertiary/aromatic N) is 1. The Balaban J connectivity index is 0.00000261. The van der Waals surface area contributed by atoms with E-state index in [2.05, 4.69) is 10.3 Å². The van der Waals surface area contributed by atoms with Crippen LogP contribution in [0.3, 0.4) is 0 Å². The van der Waals surface area contributed by atoms with E-state index in [0.717, 1.165) is 11.3 Å². The van der Waals surface area contributed by atoms with Crippen molar-refractivity contribution in [3.63, 3.8) is 0 Å². The Morgan fingerprint density at radius 2 is 1.70 bits per heavy atom. The molecule has 3 rings (SSSR count). The molecule has 0 radical (unpaired) electrons. The summed E-state index contributed by atoms with van der Waals surface area (Å²) in [6.07, 6.45) is 1.77. The SMILES string of the molecule is COc1cccc(CNCc2ccccn2)c1OCc1ccccc1F.[Cl-]. The minimum absolute atomic E-state index is 0. The van der Waals surface area contributed by atoms with E-state index in [0.29, 0.717) is 30.2 Å². The maximum absolute atomic E-state index is 13.8. The van der Waals surface area contributed by atoms with Gasteiger partial charge in [-0.3, -0.25) is 4.98 Å². The molecule has 0 aliphatic rings. The molecule has 0 unspecified atom stereocenters. The van der Waals surface area contributed by atoms with Gasteiger partial charge in [-0.05, 0) is 24.3 Å². The second kappa shape index (κ2) is 10.5. The van der Waals surface area contributed by atoms with Crippen molar-refractivity contribution in [1.82, 2.24) is 10.3 Å². The van der Waals surface area contributed by atoms with Crippen LogP contribution >= 0.6 is 0 Å². The number of hydrogen-bond donors (Lipinski definition) is 1. The van der Waals surface area contributed by atoms with Crippen molar-refractivity contribution in [1.29, 1.82) is 0 Å². The molecule has 0 saturated heterocycles. The zero-order valence-corrected chi connectivity index (χ0v) is 15.7. The molecule has 6 heteroatoms. The van der Waals surface area contributed by atoms with E-state index in [9.17, 15) is 4.39 Å². The number of rotatable bonds is 8. The third-order valence-corrected chi connectivity index (χ3v) is 3.96. The fraction of sp³-hybridized carbons (Fsp3) is 0.190. The van der Waals surface area contributed by atoms with E-state index in [1.807, 2.05) is 36.4 Å². The van der Waals surface area contributed by atoms with Gasteiger partial charge in [0.2, 0.25) is 0 Å². The van der Waals surface area contributed by atoms with E-state index in [1.54, 1.807) is 31.5 Å². The number of halogens is 2. The predicted octanol–water partition coefficient (Wildman–Crippen LogP) is 1.10. The van der Waals surface area contributed by atoms with Gasteiger partial charge in [-0.15, -0.1) is 0 Å². The first-order valence-electron chi connectivity index (χ1n) is 8.40. The van der Waals surface area contributed by atoms with Gasteiger partial charge in [0.15, 0.2) is 11.5 Å². The fourth-order valence-corrected chi connectivity index (χ4v) is 2.62. The molecule has 0 atom stereocenters. The number of hydrogen-bond acceptors (Lipinski definition) is 4. The third kappa shape index (κ3) is 5.67. The highest BCUT2D eigenvalue weighted by molar-refractivity contribution is 5.46. The molecule has 3 aromatic rings. The number of ether oxygens (including phenoxy) is 2. The summed E-state index contributed by atoms with van der Waals surface area (Å²) in [6.45, 7) is 1.37. The van der Waals surface area contributed by atoms with Crippen molar-refractivity contribution in [3.05, 3.63) is 89.5 Å². The van der Waals surface area contributed by atoms with Gasteiger partial charge in [0, 0.05) is 30.4 Å². The number of para-hydroxylation sites is 1. The fourth-order valence-electron chi connectivity index (χ4n) is 2.62. The molecular formula is C21H21ClFN2O2-. The van der Waals surface area contributed by atoms with Crippen molar-refractivity contribution in [2.45, 2.75) is 19.7 Å². The molecule has 0 bridgehead atoms. The number of methoxy groups -OCH3 is 1. The molecule has 1 aromatic heterocycles. The van der Waals surface area contributed by atoms with Gasteiger partial charge >= 0.3 is 0 Å². The van der Waals surface area contributed by atoms with Crippen LogP contribution in [0.2, 0.25) is 0 Å². The lowest BCUT2D eigenvalue weighted by molar-refractivity contribution is -0.00000651. The summed E-state index contributed by atoms with van der Waals surface area (Å²) in [5.41, 5.74) is 2.41. The normalized spacial score (nSPS) is 10.1. The molecule has 1 N–H and O–H groups in total. The smallest absolute Gasteiger partial charge is 0.166 e. The molecule has 0 saturated carbocycles. The van der Waals surface area contributed by atoms with Crippen molar-refractivity contribution in [2.75, 3.05) is 7.11 Å². The van der Waals surface area contributed by atoms with Gasteiger partial charge in [-0.25, -0.2) is 4.39 Å². The van der Waals surface area contributed by atoms with Crippen LogP contribution in [0.1, 0.15) is 16.8 Å². The Bertz CT molecular complexity index is 847. The maximum Gasteiger partial charge on any atom is 0.166 e. The standard InChI is InChI=1S/C21H21FN2O2.ClH/c1-25-20-11-6-8-16(13-23-14-18-9-4-5-12-24-18)21(20)26-15-17-7-2-3-10-19(17)22;/h2-12,23H,13-15H2,1H3;1H/p-1. The number of aromatic nitrogens is 1. The Hall–Kier alpha value is -2.63. The Kier molecular flexibility index (Phi) is 8.04. The van der Waals surface area contributed by atoms with Crippen LogP contribution < -0.4 is 27.2 Å². The summed E-state index contributed by atoms with van der Waals surface area (Å²) >= 11 is 0. The van der Waals surface area contributed by atoms with E-state index in [1.165, 1.54) is 6.07 Å². The molecule has 0 aliphatic heterocycles. The molecule has 2 aromatic carbocycles. The molecule has 1 heterocycles. The minimum atomic E-state index is -0.280. The highest BCUT2D eigenvalue weighted by Crippen LogP contribution is 2.32. The lowest BCUT2D eigenvalue weighted by atomic mass is 10.1. The van der Waals surface area contributed by atoms with Crippen LogP contribution in [-0.2, 0) is 19.7 Å². The first-order chi connectivity index (χ1) is 12.8. The topological polar surface area (TPSA) is 43.4 Å². The van der Waals surface area contributed by atoms with Crippen LogP contribution in [0.15, 0.2) is 66.9 Å². The van der Waals surface area contributed by atoms with Crippen molar-refractivity contribution < 1.29 is 26.3 Å². The molecule has 27 heavy (non-hydrogen) atoms. The lowest BCUT2D eigenvalue weighted by Crippen LogP contribution is -3.00.